The smallest absolute Gasteiger partial charge is 0.121 e. The van der Waals surface area contributed by atoms with Crippen LogP contribution in [-0.4, -0.2) is 22.7 Å². The van der Waals surface area contributed by atoms with Crippen molar-refractivity contribution in [1.82, 2.24) is 9.55 Å². The van der Waals surface area contributed by atoms with Gasteiger partial charge in [0.05, 0.1) is 17.6 Å². The molecule has 21 heavy (non-hydrogen) atoms. The van der Waals surface area contributed by atoms with Crippen LogP contribution < -0.4 is 10.5 Å². The van der Waals surface area contributed by atoms with Gasteiger partial charge in [0.25, 0.3) is 0 Å². The van der Waals surface area contributed by atoms with Crippen LogP contribution in [0.2, 0.25) is 0 Å². The number of imidazole rings is 1. The molecule has 0 radical (unpaired) electrons. The summed E-state index contributed by atoms with van der Waals surface area (Å²) in [5.74, 6) is 2.67. The predicted octanol–water partition coefficient (Wildman–Crippen LogP) is 3.37. The van der Waals surface area contributed by atoms with Gasteiger partial charge in [-0.15, -0.1) is 0 Å². The fourth-order valence-corrected chi connectivity index (χ4v) is 2.43. The van der Waals surface area contributed by atoms with Crippen LogP contribution >= 0.6 is 0 Å². The predicted molar refractivity (Wildman–Crippen MR) is 87.7 cm³/mol. The number of nitrogens with two attached hydrogens (primary N) is 1. The van der Waals surface area contributed by atoms with Crippen molar-refractivity contribution in [2.24, 2.45) is 11.7 Å². The van der Waals surface area contributed by atoms with E-state index in [2.05, 4.69) is 31.4 Å². The Bertz CT molecular complexity index is 575. The molecule has 0 atom stereocenters. The Hall–Kier alpha value is -1.55. The summed E-state index contributed by atoms with van der Waals surface area (Å²) in [5, 5.41) is 0. The van der Waals surface area contributed by atoms with E-state index in [4.69, 9.17) is 15.5 Å². The summed E-state index contributed by atoms with van der Waals surface area (Å²) in [4.78, 5) is 4.75. The summed E-state index contributed by atoms with van der Waals surface area (Å²) < 4.78 is 8.01. The van der Waals surface area contributed by atoms with E-state index in [-0.39, 0.29) is 0 Å². The Labute approximate surface area is 127 Å². The standard InChI is InChI=1S/C17H27N3O/c1-4-11-21-14-5-6-16-15(12-14)19-17(7-9-18)20(16)10-8-13(2)3/h5-6,12-13H,4,7-11,18H2,1-3H3. The average molecular weight is 289 g/mol. The number of fused-ring (bicyclic) bond motifs is 1. The normalized spacial score (nSPS) is 11.5. The molecule has 0 unspecified atom stereocenters. The molecular weight excluding hydrogens is 262 g/mol. The molecule has 2 rings (SSSR count). The van der Waals surface area contributed by atoms with Crippen LogP contribution in [-0.2, 0) is 13.0 Å². The quantitative estimate of drug-likeness (QED) is 0.810. The lowest BCUT2D eigenvalue weighted by Gasteiger charge is -2.11. The zero-order valence-corrected chi connectivity index (χ0v) is 13.4. The van der Waals surface area contributed by atoms with Crippen molar-refractivity contribution in [1.29, 1.82) is 0 Å². The van der Waals surface area contributed by atoms with Gasteiger partial charge in [-0.25, -0.2) is 4.98 Å². The Morgan fingerprint density at radius 1 is 1.33 bits per heavy atom. The lowest BCUT2D eigenvalue weighted by Crippen LogP contribution is -2.11. The SMILES string of the molecule is CCCOc1ccc2c(c1)nc(CCN)n2CCC(C)C. The van der Waals surface area contributed by atoms with Crippen LogP contribution in [0.25, 0.3) is 11.0 Å². The van der Waals surface area contributed by atoms with Crippen LogP contribution in [0.5, 0.6) is 5.75 Å². The molecule has 0 aliphatic rings. The van der Waals surface area contributed by atoms with E-state index in [0.717, 1.165) is 49.5 Å². The molecule has 0 amide bonds. The number of ether oxygens (including phenoxy) is 1. The van der Waals surface area contributed by atoms with E-state index in [9.17, 15) is 0 Å². The second kappa shape index (κ2) is 7.46. The van der Waals surface area contributed by atoms with Crippen LogP contribution in [0.4, 0.5) is 0 Å². The molecule has 2 N–H and O–H groups in total. The third kappa shape index (κ3) is 3.97. The van der Waals surface area contributed by atoms with Crippen LogP contribution in [0.3, 0.4) is 0 Å². The fraction of sp³-hybridized carbons (Fsp3) is 0.588. The van der Waals surface area contributed by atoms with Gasteiger partial charge in [0.15, 0.2) is 0 Å². The maximum atomic E-state index is 5.72. The summed E-state index contributed by atoms with van der Waals surface area (Å²) in [6, 6.07) is 6.20. The van der Waals surface area contributed by atoms with E-state index < -0.39 is 0 Å². The Morgan fingerprint density at radius 2 is 2.14 bits per heavy atom. The van der Waals surface area contributed by atoms with Crippen molar-refractivity contribution in [2.75, 3.05) is 13.2 Å². The molecule has 116 valence electrons. The van der Waals surface area contributed by atoms with Crippen LogP contribution in [0.15, 0.2) is 18.2 Å². The molecule has 0 saturated carbocycles. The highest BCUT2D eigenvalue weighted by atomic mass is 16.5. The number of hydrogen-bond acceptors (Lipinski definition) is 3. The molecule has 2 aromatic rings. The van der Waals surface area contributed by atoms with E-state index in [1.807, 2.05) is 12.1 Å². The number of nitrogens with zero attached hydrogens (tertiary/aromatic N) is 2. The largest absolute Gasteiger partial charge is 0.494 e. The number of hydrogen-bond donors (Lipinski definition) is 1. The molecule has 0 aliphatic heterocycles. The van der Waals surface area contributed by atoms with Gasteiger partial charge in [0, 0.05) is 19.0 Å². The van der Waals surface area contributed by atoms with Gasteiger partial charge in [0.1, 0.15) is 11.6 Å². The van der Waals surface area contributed by atoms with Crippen molar-refractivity contribution in [2.45, 2.75) is 46.6 Å². The van der Waals surface area contributed by atoms with E-state index >= 15 is 0 Å². The first-order chi connectivity index (χ1) is 10.2. The minimum Gasteiger partial charge on any atom is -0.494 e. The minimum absolute atomic E-state index is 0.629. The average Bonchev–Trinajstić information content (AvgIpc) is 2.80. The van der Waals surface area contributed by atoms with Gasteiger partial charge >= 0.3 is 0 Å². The van der Waals surface area contributed by atoms with Gasteiger partial charge in [-0.1, -0.05) is 20.8 Å². The molecule has 0 saturated heterocycles. The number of rotatable bonds is 8. The third-order valence-electron chi connectivity index (χ3n) is 3.57. The fourth-order valence-electron chi connectivity index (χ4n) is 2.43. The van der Waals surface area contributed by atoms with Gasteiger partial charge in [0.2, 0.25) is 0 Å². The van der Waals surface area contributed by atoms with Gasteiger partial charge < -0.3 is 15.0 Å². The summed E-state index contributed by atoms with van der Waals surface area (Å²) >= 11 is 0. The van der Waals surface area contributed by atoms with Gasteiger partial charge in [-0.2, -0.15) is 0 Å². The Balaban J connectivity index is 2.32. The molecule has 1 heterocycles. The number of aryl methyl sites for hydroxylation is 1. The third-order valence-corrected chi connectivity index (χ3v) is 3.57. The minimum atomic E-state index is 0.629. The van der Waals surface area contributed by atoms with E-state index in [1.54, 1.807) is 0 Å². The monoisotopic (exact) mass is 289 g/mol. The Morgan fingerprint density at radius 3 is 2.81 bits per heavy atom. The zero-order chi connectivity index (χ0) is 15.2. The van der Waals surface area contributed by atoms with Crippen molar-refractivity contribution in [3.63, 3.8) is 0 Å². The molecular formula is C17H27N3O. The second-order valence-corrected chi connectivity index (χ2v) is 5.90. The molecule has 0 fully saturated rings. The van der Waals surface area contributed by atoms with E-state index in [1.165, 1.54) is 5.52 Å². The zero-order valence-electron chi connectivity index (χ0n) is 13.4. The van der Waals surface area contributed by atoms with Gasteiger partial charge in [-0.05, 0) is 37.4 Å². The summed E-state index contributed by atoms with van der Waals surface area (Å²) in [7, 11) is 0. The lowest BCUT2D eigenvalue weighted by atomic mass is 10.1. The van der Waals surface area contributed by atoms with Crippen molar-refractivity contribution >= 4 is 11.0 Å². The lowest BCUT2D eigenvalue weighted by molar-refractivity contribution is 0.318. The first kappa shape index (κ1) is 15.8. The summed E-state index contributed by atoms with van der Waals surface area (Å²) in [6.45, 7) is 8.98. The first-order valence-electron chi connectivity index (χ1n) is 7.97. The van der Waals surface area contributed by atoms with Crippen LogP contribution in [0, 0.1) is 5.92 Å². The van der Waals surface area contributed by atoms with Crippen molar-refractivity contribution in [3.8, 4) is 5.75 Å². The molecule has 0 aliphatic carbocycles. The highest BCUT2D eigenvalue weighted by molar-refractivity contribution is 5.77. The molecule has 4 nitrogen and oxygen atoms in total. The van der Waals surface area contributed by atoms with Crippen molar-refractivity contribution < 1.29 is 4.74 Å². The highest BCUT2D eigenvalue weighted by Crippen LogP contribution is 2.23. The molecule has 0 spiro atoms. The maximum Gasteiger partial charge on any atom is 0.121 e. The van der Waals surface area contributed by atoms with Crippen LogP contribution in [0.1, 0.15) is 39.4 Å². The molecule has 1 aromatic carbocycles. The summed E-state index contributed by atoms with van der Waals surface area (Å²) in [5.41, 5.74) is 7.92. The topological polar surface area (TPSA) is 53.1 Å². The number of benzene rings is 1. The molecule has 0 bridgehead atoms. The highest BCUT2D eigenvalue weighted by Gasteiger charge is 2.11. The van der Waals surface area contributed by atoms with Crippen molar-refractivity contribution in [3.05, 3.63) is 24.0 Å². The van der Waals surface area contributed by atoms with E-state index in [0.29, 0.717) is 12.5 Å². The molecule has 1 aromatic heterocycles. The Kier molecular flexibility index (Phi) is 5.62. The van der Waals surface area contributed by atoms with Gasteiger partial charge in [-0.3, -0.25) is 0 Å². The number of aromatic nitrogens is 2. The maximum absolute atomic E-state index is 5.72. The first-order valence-corrected chi connectivity index (χ1v) is 7.97. The molecule has 4 heteroatoms. The second-order valence-electron chi connectivity index (χ2n) is 5.90. The summed E-state index contributed by atoms with van der Waals surface area (Å²) in [6.07, 6.45) is 2.98.